The van der Waals surface area contributed by atoms with Crippen LogP contribution in [0.15, 0.2) is 0 Å². The van der Waals surface area contributed by atoms with E-state index in [9.17, 15) is 0 Å². The molecule has 1 aliphatic carbocycles. The van der Waals surface area contributed by atoms with Crippen molar-refractivity contribution in [2.45, 2.75) is 57.4 Å². The molecular weight excluding hydrogens is 226 g/mol. The minimum Gasteiger partial charge on any atom is -0.368 e. The molecule has 1 saturated carbocycles. The maximum atomic E-state index is 6.04. The SMILES string of the molecule is Nc1nc(N2CCCCC2)nn1C1CCCCC1. The predicted octanol–water partition coefficient (Wildman–Crippen LogP) is 2.36. The van der Waals surface area contributed by atoms with Gasteiger partial charge in [-0.3, -0.25) is 0 Å². The van der Waals surface area contributed by atoms with Crippen LogP contribution in [-0.4, -0.2) is 27.9 Å². The highest BCUT2D eigenvalue weighted by atomic mass is 15.5. The molecule has 0 radical (unpaired) electrons. The number of aromatic nitrogens is 3. The molecule has 0 bridgehead atoms. The summed E-state index contributed by atoms with van der Waals surface area (Å²) in [5, 5.41) is 4.66. The minimum absolute atomic E-state index is 0.477. The first-order valence-electron chi connectivity index (χ1n) is 7.31. The number of nitrogen functional groups attached to an aromatic ring is 1. The number of nitrogens with zero attached hydrogens (tertiary/aromatic N) is 4. The third-order valence-electron chi connectivity index (χ3n) is 4.21. The van der Waals surface area contributed by atoms with Gasteiger partial charge in [0.2, 0.25) is 11.9 Å². The van der Waals surface area contributed by atoms with E-state index in [1.54, 1.807) is 0 Å². The zero-order valence-electron chi connectivity index (χ0n) is 11.0. The van der Waals surface area contributed by atoms with Crippen LogP contribution in [0.25, 0.3) is 0 Å². The monoisotopic (exact) mass is 249 g/mol. The van der Waals surface area contributed by atoms with Crippen LogP contribution in [0.2, 0.25) is 0 Å². The number of hydrogen-bond donors (Lipinski definition) is 1. The molecule has 1 aromatic rings. The topological polar surface area (TPSA) is 60.0 Å². The van der Waals surface area contributed by atoms with E-state index < -0.39 is 0 Å². The number of rotatable bonds is 2. The van der Waals surface area contributed by atoms with Gasteiger partial charge in [-0.1, -0.05) is 19.3 Å². The van der Waals surface area contributed by atoms with Gasteiger partial charge in [-0.05, 0) is 32.1 Å². The molecule has 0 amide bonds. The first kappa shape index (κ1) is 11.8. The van der Waals surface area contributed by atoms with Crippen LogP contribution < -0.4 is 10.6 Å². The lowest BCUT2D eigenvalue weighted by molar-refractivity contribution is 0.332. The van der Waals surface area contributed by atoms with Gasteiger partial charge in [0.1, 0.15) is 0 Å². The second kappa shape index (κ2) is 5.16. The predicted molar refractivity (Wildman–Crippen MR) is 72.6 cm³/mol. The van der Waals surface area contributed by atoms with Crippen molar-refractivity contribution in [2.24, 2.45) is 0 Å². The Kier molecular flexibility index (Phi) is 3.39. The first-order valence-corrected chi connectivity index (χ1v) is 7.31. The smallest absolute Gasteiger partial charge is 0.246 e. The van der Waals surface area contributed by atoms with Crippen LogP contribution in [0.1, 0.15) is 57.4 Å². The summed E-state index contributed by atoms with van der Waals surface area (Å²) in [7, 11) is 0. The molecule has 2 N–H and O–H groups in total. The van der Waals surface area contributed by atoms with Crippen molar-refractivity contribution in [1.29, 1.82) is 0 Å². The standard InChI is InChI=1S/C13H23N5/c14-12-15-13(17-9-5-2-6-10-17)16-18(12)11-7-3-1-4-8-11/h11H,1-10H2,(H2,14,15,16). The van der Waals surface area contributed by atoms with Gasteiger partial charge in [0.25, 0.3) is 0 Å². The highest BCUT2D eigenvalue weighted by molar-refractivity contribution is 5.35. The third-order valence-corrected chi connectivity index (χ3v) is 4.21. The molecule has 0 atom stereocenters. The molecular formula is C13H23N5. The van der Waals surface area contributed by atoms with Crippen molar-refractivity contribution < 1.29 is 0 Å². The molecule has 2 aliphatic rings. The lowest BCUT2D eigenvalue weighted by Crippen LogP contribution is -2.30. The van der Waals surface area contributed by atoms with Crippen LogP contribution in [0.3, 0.4) is 0 Å². The second-order valence-corrected chi connectivity index (χ2v) is 5.55. The lowest BCUT2D eigenvalue weighted by Gasteiger charge is -2.25. The molecule has 2 fully saturated rings. The molecule has 1 aliphatic heterocycles. The van der Waals surface area contributed by atoms with Crippen LogP contribution in [0, 0.1) is 0 Å². The summed E-state index contributed by atoms with van der Waals surface area (Å²) >= 11 is 0. The van der Waals surface area contributed by atoms with Crippen molar-refractivity contribution in [2.75, 3.05) is 23.7 Å². The van der Waals surface area contributed by atoms with E-state index in [-0.39, 0.29) is 0 Å². The van der Waals surface area contributed by atoms with Gasteiger partial charge >= 0.3 is 0 Å². The zero-order valence-corrected chi connectivity index (χ0v) is 11.0. The number of piperidine rings is 1. The van der Waals surface area contributed by atoms with Gasteiger partial charge in [0, 0.05) is 13.1 Å². The Morgan fingerprint density at radius 1 is 0.944 bits per heavy atom. The zero-order chi connectivity index (χ0) is 12.4. The Morgan fingerprint density at radius 2 is 1.61 bits per heavy atom. The van der Waals surface area contributed by atoms with E-state index in [0.29, 0.717) is 12.0 Å². The summed E-state index contributed by atoms with van der Waals surface area (Å²) in [6.45, 7) is 2.16. The summed E-state index contributed by atoms with van der Waals surface area (Å²) in [4.78, 5) is 6.74. The number of nitrogens with two attached hydrogens (primary N) is 1. The van der Waals surface area contributed by atoms with Gasteiger partial charge in [0.05, 0.1) is 6.04 Å². The van der Waals surface area contributed by atoms with Crippen molar-refractivity contribution in [3.05, 3.63) is 0 Å². The van der Waals surface area contributed by atoms with E-state index in [0.717, 1.165) is 19.0 Å². The Morgan fingerprint density at radius 3 is 2.33 bits per heavy atom. The minimum atomic E-state index is 0.477. The fourth-order valence-corrected chi connectivity index (χ4v) is 3.15. The molecule has 0 spiro atoms. The van der Waals surface area contributed by atoms with Gasteiger partial charge in [-0.2, -0.15) is 4.98 Å². The first-order chi connectivity index (χ1) is 8.84. The maximum Gasteiger partial charge on any atom is 0.246 e. The summed E-state index contributed by atoms with van der Waals surface area (Å²) < 4.78 is 1.98. The Hall–Kier alpha value is -1.26. The average molecular weight is 249 g/mol. The molecule has 0 aromatic carbocycles. The Labute approximate surface area is 108 Å². The molecule has 2 heterocycles. The van der Waals surface area contributed by atoms with Crippen LogP contribution >= 0.6 is 0 Å². The van der Waals surface area contributed by atoms with E-state index in [4.69, 9.17) is 5.73 Å². The number of hydrogen-bond acceptors (Lipinski definition) is 4. The summed E-state index contributed by atoms with van der Waals surface area (Å²) in [5.41, 5.74) is 6.04. The molecule has 100 valence electrons. The normalized spacial score (nSPS) is 22.3. The van der Waals surface area contributed by atoms with Crippen LogP contribution in [0.4, 0.5) is 11.9 Å². The van der Waals surface area contributed by atoms with E-state index in [1.807, 2.05) is 4.68 Å². The Bertz CT molecular complexity index is 388. The highest BCUT2D eigenvalue weighted by Gasteiger charge is 2.22. The fraction of sp³-hybridized carbons (Fsp3) is 0.846. The van der Waals surface area contributed by atoms with Crippen molar-refractivity contribution in [3.8, 4) is 0 Å². The molecule has 3 rings (SSSR count). The fourth-order valence-electron chi connectivity index (χ4n) is 3.15. The van der Waals surface area contributed by atoms with Crippen molar-refractivity contribution >= 4 is 11.9 Å². The summed E-state index contributed by atoms with van der Waals surface area (Å²) in [6.07, 6.45) is 10.2. The van der Waals surface area contributed by atoms with E-state index in [1.165, 1.54) is 51.4 Å². The number of anilines is 2. The molecule has 18 heavy (non-hydrogen) atoms. The van der Waals surface area contributed by atoms with Gasteiger partial charge in [-0.25, -0.2) is 4.68 Å². The maximum absolute atomic E-state index is 6.04. The van der Waals surface area contributed by atoms with Crippen LogP contribution in [0.5, 0.6) is 0 Å². The van der Waals surface area contributed by atoms with E-state index in [2.05, 4.69) is 15.0 Å². The molecule has 5 nitrogen and oxygen atoms in total. The average Bonchev–Trinajstić information content (AvgIpc) is 2.83. The van der Waals surface area contributed by atoms with Gasteiger partial charge in [-0.15, -0.1) is 5.10 Å². The van der Waals surface area contributed by atoms with Gasteiger partial charge < -0.3 is 10.6 Å². The summed E-state index contributed by atoms with van der Waals surface area (Å²) in [6, 6.07) is 0.477. The Balaban J connectivity index is 1.76. The highest BCUT2D eigenvalue weighted by Crippen LogP contribution is 2.30. The summed E-state index contributed by atoms with van der Waals surface area (Å²) in [5.74, 6) is 1.44. The van der Waals surface area contributed by atoms with E-state index >= 15 is 0 Å². The molecule has 0 unspecified atom stereocenters. The molecule has 1 saturated heterocycles. The third kappa shape index (κ3) is 2.31. The second-order valence-electron chi connectivity index (χ2n) is 5.55. The molecule has 1 aromatic heterocycles. The quantitative estimate of drug-likeness (QED) is 0.874. The lowest BCUT2D eigenvalue weighted by atomic mass is 9.96. The van der Waals surface area contributed by atoms with Gasteiger partial charge in [0.15, 0.2) is 0 Å². The largest absolute Gasteiger partial charge is 0.368 e. The van der Waals surface area contributed by atoms with Crippen LogP contribution in [-0.2, 0) is 0 Å². The van der Waals surface area contributed by atoms with Crippen molar-refractivity contribution in [1.82, 2.24) is 14.8 Å². The molecule has 5 heteroatoms. The van der Waals surface area contributed by atoms with Crippen molar-refractivity contribution in [3.63, 3.8) is 0 Å².